The van der Waals surface area contributed by atoms with E-state index >= 15 is 0 Å². The summed E-state index contributed by atoms with van der Waals surface area (Å²) in [4.78, 5) is 39.8. The molecule has 0 aromatic heterocycles. The Balaban J connectivity index is 1.15. The molecule has 8 heteroatoms. The van der Waals surface area contributed by atoms with Crippen molar-refractivity contribution in [2.24, 2.45) is 0 Å². The second-order valence-electron chi connectivity index (χ2n) is 8.40. The zero-order chi connectivity index (χ0) is 23.7. The predicted molar refractivity (Wildman–Crippen MR) is 125 cm³/mol. The van der Waals surface area contributed by atoms with Gasteiger partial charge in [0.2, 0.25) is 11.8 Å². The summed E-state index contributed by atoms with van der Waals surface area (Å²) in [6.07, 6.45) is 6.52. The summed E-state index contributed by atoms with van der Waals surface area (Å²) in [7, 11) is 0. The number of nitro groups is 1. The molecule has 34 heavy (non-hydrogen) atoms. The maximum Gasteiger partial charge on any atom is 0.310 e. The van der Waals surface area contributed by atoms with Gasteiger partial charge in [-0.15, -0.1) is 0 Å². The number of rotatable bonds is 6. The van der Waals surface area contributed by atoms with E-state index in [-0.39, 0.29) is 35.8 Å². The average Bonchev–Trinajstić information content (AvgIpc) is 2.85. The SMILES string of the molecule is O=C(CC(=O)N1c2ccc(-c3ccccc3)c1c2)N1CCC(Oc2ccccc2[N+](=O)[O-])CC1. The number of allylic oxidation sites excluding steroid dienone is 4. The van der Waals surface area contributed by atoms with Crippen LogP contribution in [0, 0.1) is 10.1 Å². The number of benzene rings is 2. The molecule has 1 saturated heterocycles. The molecule has 0 atom stereocenters. The van der Waals surface area contributed by atoms with Crippen LogP contribution in [0.5, 0.6) is 5.75 Å². The molecule has 0 unspecified atom stereocenters. The molecule has 2 aromatic rings. The minimum absolute atomic E-state index is 0.0702. The lowest BCUT2D eigenvalue weighted by molar-refractivity contribution is -0.386. The second-order valence-corrected chi connectivity index (χ2v) is 8.40. The maximum absolute atomic E-state index is 13.0. The number of hydrogen-bond donors (Lipinski definition) is 0. The molecule has 8 nitrogen and oxygen atoms in total. The van der Waals surface area contributed by atoms with E-state index < -0.39 is 4.92 Å². The number of likely N-dealkylation sites (tertiary alicyclic amines) is 1. The summed E-state index contributed by atoms with van der Waals surface area (Å²) in [6, 6.07) is 16.1. The van der Waals surface area contributed by atoms with Crippen molar-refractivity contribution in [2.45, 2.75) is 25.4 Å². The van der Waals surface area contributed by atoms with Crippen molar-refractivity contribution in [1.82, 2.24) is 9.80 Å². The Labute approximate surface area is 196 Å². The molecule has 172 valence electrons. The Bertz CT molecular complexity index is 1240. The number of ether oxygens (including phenoxy) is 1. The minimum Gasteiger partial charge on any atom is -0.483 e. The van der Waals surface area contributed by atoms with Gasteiger partial charge in [-0.05, 0) is 23.8 Å². The van der Waals surface area contributed by atoms with Gasteiger partial charge < -0.3 is 9.64 Å². The number of nitro benzene ring substituents is 1. The molecule has 0 saturated carbocycles. The maximum atomic E-state index is 13.0. The zero-order valence-electron chi connectivity index (χ0n) is 18.4. The molecule has 3 aliphatic heterocycles. The topological polar surface area (TPSA) is 93.0 Å². The fourth-order valence-corrected chi connectivity index (χ4v) is 4.49. The van der Waals surface area contributed by atoms with Crippen molar-refractivity contribution in [2.75, 3.05) is 13.1 Å². The molecule has 3 heterocycles. The third-order valence-electron chi connectivity index (χ3n) is 6.27. The number of para-hydroxylation sites is 2. The van der Waals surface area contributed by atoms with Gasteiger partial charge in [-0.3, -0.25) is 24.6 Å². The van der Waals surface area contributed by atoms with Crippen LogP contribution in [0.3, 0.4) is 0 Å². The van der Waals surface area contributed by atoms with E-state index in [0.717, 1.165) is 22.5 Å². The van der Waals surface area contributed by atoms with Crippen LogP contribution >= 0.6 is 0 Å². The van der Waals surface area contributed by atoms with Crippen molar-refractivity contribution >= 4 is 23.1 Å². The Morgan fingerprint density at radius 1 is 0.971 bits per heavy atom. The van der Waals surface area contributed by atoms with E-state index in [4.69, 9.17) is 4.74 Å². The first-order chi connectivity index (χ1) is 16.5. The first kappa shape index (κ1) is 21.6. The molecule has 0 spiro atoms. The minimum atomic E-state index is -0.464. The molecule has 3 aliphatic rings. The molecule has 2 aromatic carbocycles. The van der Waals surface area contributed by atoms with Gasteiger partial charge >= 0.3 is 5.69 Å². The van der Waals surface area contributed by atoms with Crippen molar-refractivity contribution in [3.63, 3.8) is 0 Å². The van der Waals surface area contributed by atoms with Gasteiger partial charge in [0.1, 0.15) is 12.5 Å². The van der Waals surface area contributed by atoms with Gasteiger partial charge in [0.15, 0.2) is 5.75 Å². The lowest BCUT2D eigenvalue weighted by Crippen LogP contribution is -2.45. The van der Waals surface area contributed by atoms with Crippen molar-refractivity contribution in [1.29, 1.82) is 0 Å². The number of hydrogen-bond acceptors (Lipinski definition) is 5. The first-order valence-corrected chi connectivity index (χ1v) is 11.2. The number of amides is 2. The van der Waals surface area contributed by atoms with Gasteiger partial charge in [-0.25, -0.2) is 0 Å². The van der Waals surface area contributed by atoms with Crippen molar-refractivity contribution < 1.29 is 19.2 Å². The number of carbonyl (C=O) groups excluding carboxylic acids is 2. The molecule has 5 rings (SSSR count). The lowest BCUT2D eigenvalue weighted by atomic mass is 9.91. The van der Waals surface area contributed by atoms with E-state index in [2.05, 4.69) is 0 Å². The summed E-state index contributed by atoms with van der Waals surface area (Å²) in [6.45, 7) is 0.885. The predicted octanol–water partition coefficient (Wildman–Crippen LogP) is 4.06. The monoisotopic (exact) mass is 457 g/mol. The van der Waals surface area contributed by atoms with Gasteiger partial charge in [0.25, 0.3) is 0 Å². The van der Waals surface area contributed by atoms with Crippen LogP contribution in [0.4, 0.5) is 5.69 Å². The fraction of sp³-hybridized carbons (Fsp3) is 0.231. The Morgan fingerprint density at radius 2 is 1.68 bits per heavy atom. The van der Waals surface area contributed by atoms with Gasteiger partial charge in [-0.2, -0.15) is 0 Å². The van der Waals surface area contributed by atoms with E-state index in [9.17, 15) is 19.7 Å². The Morgan fingerprint density at radius 3 is 2.38 bits per heavy atom. The Hall–Kier alpha value is -4.20. The number of fused-ring (bicyclic) bond motifs is 2. The highest BCUT2D eigenvalue weighted by Crippen LogP contribution is 2.41. The third-order valence-corrected chi connectivity index (χ3v) is 6.27. The molecule has 0 aliphatic carbocycles. The molecular weight excluding hydrogens is 434 g/mol. The standard InChI is InChI=1S/C26H23N3O5/c30-25(27-14-12-20(13-15-27)34-24-9-5-4-8-22(24)29(32)33)17-26(31)28-19-10-11-21(23(28)16-19)18-6-2-1-3-7-18/h1-11,16,20H,12-15,17H2. The van der Waals surface area contributed by atoms with Crippen LogP contribution in [0.15, 0.2) is 84.2 Å². The van der Waals surface area contributed by atoms with E-state index in [0.29, 0.717) is 25.9 Å². The molecule has 2 amide bonds. The van der Waals surface area contributed by atoms with Crippen LogP contribution in [0.25, 0.3) is 5.57 Å². The highest BCUT2D eigenvalue weighted by molar-refractivity contribution is 6.03. The number of carbonyl (C=O) groups is 2. The van der Waals surface area contributed by atoms with Gasteiger partial charge in [0.05, 0.1) is 16.3 Å². The quantitative estimate of drug-likeness (QED) is 0.371. The molecular formula is C26H23N3O5. The highest BCUT2D eigenvalue weighted by atomic mass is 16.6. The van der Waals surface area contributed by atoms with E-state index in [1.165, 1.54) is 6.07 Å². The molecule has 1 fully saturated rings. The molecule has 0 radical (unpaired) electrons. The number of piperidine rings is 1. The van der Waals surface area contributed by atoms with Crippen LogP contribution in [-0.2, 0) is 9.59 Å². The normalized spacial score (nSPS) is 17.2. The summed E-state index contributed by atoms with van der Waals surface area (Å²) >= 11 is 0. The van der Waals surface area contributed by atoms with Crippen LogP contribution in [0.1, 0.15) is 24.8 Å². The van der Waals surface area contributed by atoms with Crippen LogP contribution in [0.2, 0.25) is 0 Å². The first-order valence-electron chi connectivity index (χ1n) is 11.2. The fourth-order valence-electron chi connectivity index (χ4n) is 4.49. The highest BCUT2D eigenvalue weighted by Gasteiger charge is 2.36. The summed E-state index contributed by atoms with van der Waals surface area (Å²) in [5.41, 5.74) is 3.53. The van der Waals surface area contributed by atoms with E-state index in [1.807, 2.05) is 48.6 Å². The van der Waals surface area contributed by atoms with Crippen molar-refractivity contribution in [3.05, 3.63) is 99.9 Å². The summed E-state index contributed by atoms with van der Waals surface area (Å²) in [5.74, 6) is -0.222. The number of nitrogens with zero attached hydrogens (tertiary/aromatic N) is 3. The van der Waals surface area contributed by atoms with Crippen molar-refractivity contribution in [3.8, 4) is 5.75 Å². The molecule has 0 N–H and O–H groups in total. The second kappa shape index (κ2) is 8.97. The third kappa shape index (κ3) is 4.10. The zero-order valence-corrected chi connectivity index (χ0v) is 18.4. The average molecular weight is 457 g/mol. The smallest absolute Gasteiger partial charge is 0.310 e. The molecule has 2 bridgehead atoms. The van der Waals surface area contributed by atoms with Crippen LogP contribution in [-0.4, -0.2) is 45.7 Å². The largest absolute Gasteiger partial charge is 0.483 e. The van der Waals surface area contributed by atoms with Gasteiger partial charge in [0, 0.05) is 37.6 Å². The van der Waals surface area contributed by atoms with E-state index in [1.54, 1.807) is 28.0 Å². The summed E-state index contributed by atoms with van der Waals surface area (Å²) in [5, 5.41) is 11.2. The van der Waals surface area contributed by atoms with Gasteiger partial charge in [-0.1, -0.05) is 48.5 Å². The summed E-state index contributed by atoms with van der Waals surface area (Å²) < 4.78 is 5.85. The Kier molecular flexibility index (Phi) is 5.71. The van der Waals surface area contributed by atoms with Crippen LogP contribution < -0.4 is 4.74 Å². The lowest BCUT2D eigenvalue weighted by Gasteiger charge is -2.39.